The summed E-state index contributed by atoms with van der Waals surface area (Å²) in [6, 6.07) is 0. The quantitative estimate of drug-likeness (QED) is 0.718. The summed E-state index contributed by atoms with van der Waals surface area (Å²) >= 11 is 0. The molecule has 4 rings (SSSR count). The molecule has 0 aliphatic carbocycles. The van der Waals surface area contributed by atoms with Crippen LogP contribution in [0.3, 0.4) is 0 Å². The van der Waals surface area contributed by atoms with Crippen LogP contribution in [0.15, 0.2) is 0 Å². The molecule has 4 aliphatic heterocycles. The Morgan fingerprint density at radius 1 is 0.769 bits per heavy atom. The highest BCUT2D eigenvalue weighted by Gasteiger charge is 2.57. The largest absolute Gasteiger partial charge is 0.376 e. The summed E-state index contributed by atoms with van der Waals surface area (Å²) in [4.78, 5) is 0. The second-order valence-electron chi connectivity index (χ2n) is 8.19. The minimum Gasteiger partial charge on any atom is -0.376 e. The molecule has 0 saturated carbocycles. The van der Waals surface area contributed by atoms with E-state index in [4.69, 9.17) is 37.9 Å². The van der Waals surface area contributed by atoms with Crippen molar-refractivity contribution in [1.29, 1.82) is 0 Å². The van der Waals surface area contributed by atoms with Gasteiger partial charge in [-0.1, -0.05) is 6.92 Å². The van der Waals surface area contributed by atoms with Gasteiger partial charge in [0.15, 0.2) is 24.2 Å². The maximum Gasteiger partial charge on any atom is 0.190 e. The fraction of sp³-hybridized carbons (Fsp3) is 1.00. The second-order valence-corrected chi connectivity index (χ2v) is 8.19. The molecule has 0 spiro atoms. The maximum atomic E-state index is 6.20. The van der Waals surface area contributed by atoms with E-state index in [9.17, 15) is 0 Å². The van der Waals surface area contributed by atoms with Gasteiger partial charge < -0.3 is 37.9 Å². The second kappa shape index (κ2) is 6.63. The van der Waals surface area contributed by atoms with E-state index >= 15 is 0 Å². The number of fused-ring (bicyclic) bond motifs is 2. The molecule has 0 aromatic rings. The lowest BCUT2D eigenvalue weighted by Gasteiger charge is -2.28. The molecule has 4 heterocycles. The minimum atomic E-state index is -0.668. The third-order valence-corrected chi connectivity index (χ3v) is 5.30. The third kappa shape index (κ3) is 3.31. The number of ether oxygens (including phenoxy) is 8. The van der Waals surface area contributed by atoms with Crippen molar-refractivity contribution in [3.63, 3.8) is 0 Å². The molecule has 0 aromatic carbocycles. The third-order valence-electron chi connectivity index (χ3n) is 5.30. The molecule has 8 atom stereocenters. The van der Waals surface area contributed by atoms with E-state index in [-0.39, 0.29) is 36.6 Å². The first-order valence-corrected chi connectivity index (χ1v) is 9.39. The molecule has 150 valence electrons. The zero-order valence-electron chi connectivity index (χ0n) is 16.3. The first-order chi connectivity index (χ1) is 12.2. The van der Waals surface area contributed by atoms with Crippen molar-refractivity contribution < 1.29 is 37.9 Å². The van der Waals surface area contributed by atoms with Crippen molar-refractivity contribution >= 4 is 0 Å². The van der Waals surface area contributed by atoms with Gasteiger partial charge in [0.25, 0.3) is 0 Å². The highest BCUT2D eigenvalue weighted by molar-refractivity contribution is 4.96. The van der Waals surface area contributed by atoms with Crippen LogP contribution < -0.4 is 0 Å². The Labute approximate surface area is 154 Å². The summed E-state index contributed by atoms with van der Waals surface area (Å²) < 4.78 is 47.3. The first-order valence-electron chi connectivity index (χ1n) is 9.39. The molecule has 4 saturated heterocycles. The van der Waals surface area contributed by atoms with Crippen LogP contribution in [0.4, 0.5) is 0 Å². The Morgan fingerprint density at radius 3 is 1.85 bits per heavy atom. The van der Waals surface area contributed by atoms with Crippen LogP contribution in [0.5, 0.6) is 0 Å². The lowest BCUT2D eigenvalue weighted by atomic mass is 10.1. The van der Waals surface area contributed by atoms with Crippen LogP contribution in [0.25, 0.3) is 0 Å². The summed E-state index contributed by atoms with van der Waals surface area (Å²) in [7, 11) is 1.65. The predicted octanol–water partition coefficient (Wildman–Crippen LogP) is 1.55. The lowest BCUT2D eigenvalue weighted by molar-refractivity contribution is -0.233. The average molecular weight is 374 g/mol. The number of rotatable bonds is 5. The maximum absolute atomic E-state index is 6.20. The van der Waals surface area contributed by atoms with Crippen LogP contribution in [-0.4, -0.2) is 74.5 Å². The fourth-order valence-corrected chi connectivity index (χ4v) is 4.25. The molecule has 0 aromatic heterocycles. The van der Waals surface area contributed by atoms with Crippen molar-refractivity contribution in [2.45, 2.75) is 102 Å². The highest BCUT2D eigenvalue weighted by Crippen LogP contribution is 2.41. The molecule has 0 amide bonds. The van der Waals surface area contributed by atoms with Gasteiger partial charge in [0.2, 0.25) is 0 Å². The van der Waals surface area contributed by atoms with Gasteiger partial charge in [0.05, 0.1) is 12.7 Å². The molecule has 0 N–H and O–H groups in total. The SMILES string of the molecule is CC[C@@H]1O[C@H]2OC(C)(C)O[C@H]2[C@@H]1OC[C@H]1O[C@@H]2OC(C)(C)O[C@@H]2[C@H]1OC. The van der Waals surface area contributed by atoms with Gasteiger partial charge in [0, 0.05) is 7.11 Å². The Kier molecular flexibility index (Phi) is 4.85. The van der Waals surface area contributed by atoms with Gasteiger partial charge in [-0.3, -0.25) is 0 Å². The molecule has 0 bridgehead atoms. The van der Waals surface area contributed by atoms with Crippen molar-refractivity contribution in [3.05, 3.63) is 0 Å². The molecule has 0 radical (unpaired) electrons. The van der Waals surface area contributed by atoms with E-state index in [1.54, 1.807) is 7.11 Å². The minimum absolute atomic E-state index is 0.0746. The van der Waals surface area contributed by atoms with Gasteiger partial charge in [-0.05, 0) is 34.1 Å². The summed E-state index contributed by atoms with van der Waals surface area (Å²) in [6.07, 6.45) is -1.35. The van der Waals surface area contributed by atoms with Crippen molar-refractivity contribution in [2.24, 2.45) is 0 Å². The summed E-state index contributed by atoms with van der Waals surface area (Å²) in [5, 5.41) is 0. The molecule has 0 unspecified atom stereocenters. The van der Waals surface area contributed by atoms with Crippen LogP contribution in [0.1, 0.15) is 41.0 Å². The number of hydrogen-bond donors (Lipinski definition) is 0. The van der Waals surface area contributed by atoms with E-state index in [1.807, 2.05) is 27.7 Å². The number of methoxy groups -OCH3 is 1. The Morgan fingerprint density at radius 2 is 1.31 bits per heavy atom. The van der Waals surface area contributed by atoms with Crippen molar-refractivity contribution in [1.82, 2.24) is 0 Å². The Bertz CT molecular complexity index is 523. The van der Waals surface area contributed by atoms with E-state index in [1.165, 1.54) is 0 Å². The van der Waals surface area contributed by atoms with Gasteiger partial charge in [-0.25, -0.2) is 0 Å². The molecular weight excluding hydrogens is 344 g/mol. The monoisotopic (exact) mass is 374 g/mol. The van der Waals surface area contributed by atoms with Crippen LogP contribution in [-0.2, 0) is 37.9 Å². The Balaban J connectivity index is 1.39. The molecule has 4 fully saturated rings. The molecule has 26 heavy (non-hydrogen) atoms. The van der Waals surface area contributed by atoms with Gasteiger partial charge in [-0.15, -0.1) is 0 Å². The fourth-order valence-electron chi connectivity index (χ4n) is 4.25. The molecular formula is C18H30O8. The zero-order chi connectivity index (χ0) is 18.7. The van der Waals surface area contributed by atoms with Crippen molar-refractivity contribution in [3.8, 4) is 0 Å². The molecule has 4 aliphatic rings. The van der Waals surface area contributed by atoms with E-state index in [0.29, 0.717) is 6.61 Å². The Hall–Kier alpha value is -0.320. The van der Waals surface area contributed by atoms with Crippen molar-refractivity contribution in [2.75, 3.05) is 13.7 Å². The van der Waals surface area contributed by atoms with E-state index in [0.717, 1.165) is 6.42 Å². The normalized spacial score (nSPS) is 48.7. The lowest BCUT2D eigenvalue weighted by Crippen LogP contribution is -2.42. The average Bonchev–Trinajstić information content (AvgIpc) is 3.19. The van der Waals surface area contributed by atoms with Gasteiger partial charge >= 0.3 is 0 Å². The number of hydrogen-bond acceptors (Lipinski definition) is 8. The summed E-state index contributed by atoms with van der Waals surface area (Å²) in [5.74, 6) is -1.34. The van der Waals surface area contributed by atoms with Crippen LogP contribution in [0, 0.1) is 0 Å². The summed E-state index contributed by atoms with van der Waals surface area (Å²) in [5.41, 5.74) is 0. The topological polar surface area (TPSA) is 73.8 Å². The smallest absolute Gasteiger partial charge is 0.190 e. The van der Waals surface area contributed by atoms with Crippen LogP contribution >= 0.6 is 0 Å². The first kappa shape index (κ1) is 19.0. The predicted molar refractivity (Wildman–Crippen MR) is 88.2 cm³/mol. The summed E-state index contributed by atoms with van der Waals surface area (Å²) in [6.45, 7) is 9.90. The van der Waals surface area contributed by atoms with E-state index < -0.39 is 24.2 Å². The zero-order valence-corrected chi connectivity index (χ0v) is 16.3. The molecule has 8 heteroatoms. The van der Waals surface area contributed by atoms with Gasteiger partial charge in [-0.2, -0.15) is 0 Å². The van der Waals surface area contributed by atoms with Crippen LogP contribution in [0.2, 0.25) is 0 Å². The van der Waals surface area contributed by atoms with E-state index in [2.05, 4.69) is 6.92 Å². The van der Waals surface area contributed by atoms with Gasteiger partial charge in [0.1, 0.15) is 30.5 Å². The molecule has 8 nitrogen and oxygen atoms in total. The standard InChI is InChI=1S/C18H30O8/c1-7-9-12(14-16(21-9)26-18(4,5)24-14)20-8-10-11(19-6)13-15(22-10)25-17(2,3)23-13/h9-16H,7-8H2,1-6H3/t9-,10+,11-,12+,13+,14-,15+,16-/m0/s1. The highest BCUT2D eigenvalue weighted by atomic mass is 16.9.